The van der Waals surface area contributed by atoms with Crippen LogP contribution < -0.4 is 0 Å². The Morgan fingerprint density at radius 1 is 0.457 bits per heavy atom. The van der Waals surface area contributed by atoms with Crippen molar-refractivity contribution in [2.45, 2.75) is 0 Å². The number of nitrogens with zero attached hydrogens (tertiary/aromatic N) is 3. The number of fused-ring (bicyclic) bond motifs is 6. The number of hydrogen-bond acceptors (Lipinski definition) is 2. The maximum absolute atomic E-state index is 5.39. The first-order valence-electron chi connectivity index (χ1n) is 15.4. The summed E-state index contributed by atoms with van der Waals surface area (Å²) in [7, 11) is 0. The van der Waals surface area contributed by atoms with Gasteiger partial charge in [0.05, 0.1) is 22.2 Å². The molecular weight excluding hydrogens is 626 g/mol. The van der Waals surface area contributed by atoms with E-state index in [4.69, 9.17) is 9.97 Å². The number of rotatable bonds is 4. The molecule has 0 fully saturated rings. The molecule has 9 rings (SSSR count). The van der Waals surface area contributed by atoms with Gasteiger partial charge in [0.1, 0.15) is 0 Å². The largest absolute Gasteiger partial charge is 0.309 e. The molecule has 0 spiro atoms. The van der Waals surface area contributed by atoms with Gasteiger partial charge in [-0.1, -0.05) is 125 Å². The fourth-order valence-corrected chi connectivity index (χ4v) is 7.22. The molecule has 2 heterocycles. The second-order valence-electron chi connectivity index (χ2n) is 11.6. The summed E-state index contributed by atoms with van der Waals surface area (Å²) >= 11 is 3.77. The van der Waals surface area contributed by atoms with Crippen molar-refractivity contribution in [1.82, 2.24) is 14.5 Å². The fraction of sp³-hybridized carbons (Fsp3) is 0. The zero-order valence-corrected chi connectivity index (χ0v) is 26.3. The third-order valence-electron chi connectivity index (χ3n) is 8.81. The second kappa shape index (κ2) is 10.8. The Kier molecular flexibility index (Phi) is 6.29. The molecule has 0 amide bonds. The van der Waals surface area contributed by atoms with Crippen LogP contribution in [-0.4, -0.2) is 14.5 Å². The van der Waals surface area contributed by atoms with Gasteiger partial charge in [0.25, 0.3) is 0 Å². The van der Waals surface area contributed by atoms with Crippen LogP contribution >= 0.6 is 15.9 Å². The fourth-order valence-electron chi connectivity index (χ4n) is 6.73. The van der Waals surface area contributed by atoms with Crippen molar-refractivity contribution in [2.24, 2.45) is 0 Å². The first-order valence-corrected chi connectivity index (χ1v) is 16.2. The van der Waals surface area contributed by atoms with Crippen LogP contribution in [0, 0.1) is 0 Å². The van der Waals surface area contributed by atoms with Crippen molar-refractivity contribution in [1.29, 1.82) is 0 Å². The molecule has 0 saturated carbocycles. The van der Waals surface area contributed by atoms with Crippen LogP contribution in [0.1, 0.15) is 0 Å². The number of benzene rings is 7. The quantitative estimate of drug-likeness (QED) is 0.177. The van der Waals surface area contributed by atoms with Crippen molar-refractivity contribution in [3.8, 4) is 39.5 Å². The van der Waals surface area contributed by atoms with E-state index in [0.29, 0.717) is 5.82 Å². The smallest absolute Gasteiger partial charge is 0.160 e. The molecule has 0 unspecified atom stereocenters. The third-order valence-corrected chi connectivity index (χ3v) is 9.27. The van der Waals surface area contributed by atoms with Gasteiger partial charge in [0.15, 0.2) is 5.82 Å². The van der Waals surface area contributed by atoms with E-state index in [0.717, 1.165) is 59.9 Å². The van der Waals surface area contributed by atoms with Crippen molar-refractivity contribution >= 4 is 59.4 Å². The molecule has 0 aliphatic carbocycles. The predicted octanol–water partition coefficient (Wildman–Crippen LogP) is 11.6. The first kappa shape index (κ1) is 26.8. The molecule has 0 aliphatic rings. The summed E-state index contributed by atoms with van der Waals surface area (Å²) in [5.41, 5.74) is 9.58. The van der Waals surface area contributed by atoms with Gasteiger partial charge in [0.2, 0.25) is 0 Å². The van der Waals surface area contributed by atoms with Crippen LogP contribution in [0.4, 0.5) is 0 Å². The normalized spacial score (nSPS) is 11.6. The molecule has 0 aliphatic heterocycles. The topological polar surface area (TPSA) is 30.7 Å². The third kappa shape index (κ3) is 4.41. The van der Waals surface area contributed by atoms with Crippen molar-refractivity contribution in [3.63, 3.8) is 0 Å². The van der Waals surface area contributed by atoms with Crippen LogP contribution in [0.15, 0.2) is 162 Å². The molecular formula is C42H26BrN3. The molecule has 0 N–H and O–H groups in total. The lowest BCUT2D eigenvalue weighted by Crippen LogP contribution is -1.97. The molecule has 4 heteroatoms. The highest BCUT2D eigenvalue weighted by atomic mass is 79.9. The average Bonchev–Trinajstić information content (AvgIpc) is 3.45. The van der Waals surface area contributed by atoms with Crippen LogP contribution in [-0.2, 0) is 0 Å². The van der Waals surface area contributed by atoms with E-state index in [1.54, 1.807) is 0 Å². The van der Waals surface area contributed by atoms with Gasteiger partial charge >= 0.3 is 0 Å². The molecule has 0 atom stereocenters. The Hall–Kier alpha value is -5.58. The number of aromatic nitrogens is 3. The first-order chi connectivity index (χ1) is 22.7. The molecule has 46 heavy (non-hydrogen) atoms. The van der Waals surface area contributed by atoms with Crippen LogP contribution in [0.2, 0.25) is 0 Å². The number of halogens is 1. The summed E-state index contributed by atoms with van der Waals surface area (Å²) in [5.74, 6) is 0.694. The minimum atomic E-state index is 0.694. The lowest BCUT2D eigenvalue weighted by atomic mass is 9.98. The molecule has 0 radical (unpaired) electrons. The SMILES string of the molecule is Brc1cc(-c2ccccc2)cc(-c2nc(-c3ccc4c5ccccc5n(-c5ccccc5)c4c3)c3c(ccc4ccccc43)n2)c1. The zero-order chi connectivity index (χ0) is 30.6. The lowest BCUT2D eigenvalue weighted by Gasteiger charge is -2.14. The predicted molar refractivity (Wildman–Crippen MR) is 195 cm³/mol. The van der Waals surface area contributed by atoms with E-state index in [-0.39, 0.29) is 0 Å². The van der Waals surface area contributed by atoms with E-state index in [1.807, 2.05) is 6.07 Å². The molecule has 3 nitrogen and oxygen atoms in total. The van der Waals surface area contributed by atoms with Gasteiger partial charge in [-0.2, -0.15) is 0 Å². The van der Waals surface area contributed by atoms with Crippen molar-refractivity contribution in [2.75, 3.05) is 0 Å². The number of para-hydroxylation sites is 2. The maximum Gasteiger partial charge on any atom is 0.160 e. The van der Waals surface area contributed by atoms with Gasteiger partial charge in [-0.25, -0.2) is 9.97 Å². The Labute approximate surface area is 274 Å². The van der Waals surface area contributed by atoms with Gasteiger partial charge in [-0.05, 0) is 70.4 Å². The summed E-state index contributed by atoms with van der Waals surface area (Å²) < 4.78 is 3.35. The van der Waals surface area contributed by atoms with E-state index in [2.05, 4.69) is 172 Å². The Balaban J connectivity index is 1.34. The summed E-state index contributed by atoms with van der Waals surface area (Å²) in [6.07, 6.45) is 0. The van der Waals surface area contributed by atoms with Crippen LogP contribution in [0.25, 0.3) is 82.9 Å². The minimum absolute atomic E-state index is 0.694. The van der Waals surface area contributed by atoms with Gasteiger partial charge in [-0.3, -0.25) is 0 Å². The Bertz CT molecular complexity index is 2590. The second-order valence-corrected chi connectivity index (χ2v) is 12.5. The summed E-state index contributed by atoms with van der Waals surface area (Å²) in [4.78, 5) is 10.6. The maximum atomic E-state index is 5.39. The Morgan fingerprint density at radius 3 is 2.00 bits per heavy atom. The van der Waals surface area contributed by atoms with Gasteiger partial charge < -0.3 is 4.57 Å². The van der Waals surface area contributed by atoms with Crippen molar-refractivity contribution in [3.05, 3.63) is 162 Å². The highest BCUT2D eigenvalue weighted by molar-refractivity contribution is 9.10. The summed E-state index contributed by atoms with van der Waals surface area (Å²) in [6, 6.07) is 55.6. The molecule has 7 aromatic carbocycles. The summed E-state index contributed by atoms with van der Waals surface area (Å²) in [5, 5.41) is 5.81. The van der Waals surface area contributed by atoms with E-state index < -0.39 is 0 Å². The highest BCUT2D eigenvalue weighted by Gasteiger charge is 2.18. The van der Waals surface area contributed by atoms with E-state index >= 15 is 0 Å². The molecule has 0 bridgehead atoms. The van der Waals surface area contributed by atoms with Gasteiger partial charge in [-0.15, -0.1) is 0 Å². The minimum Gasteiger partial charge on any atom is -0.309 e. The molecule has 216 valence electrons. The highest BCUT2D eigenvalue weighted by Crippen LogP contribution is 2.39. The monoisotopic (exact) mass is 651 g/mol. The van der Waals surface area contributed by atoms with E-state index in [9.17, 15) is 0 Å². The average molecular weight is 653 g/mol. The van der Waals surface area contributed by atoms with Crippen LogP contribution in [0.3, 0.4) is 0 Å². The Morgan fingerprint density at radius 2 is 1.15 bits per heavy atom. The molecule has 2 aromatic heterocycles. The molecule has 0 saturated heterocycles. The van der Waals surface area contributed by atoms with E-state index in [1.165, 1.54) is 21.7 Å². The van der Waals surface area contributed by atoms with Gasteiger partial charge in [0, 0.05) is 37.4 Å². The number of hydrogen-bond donors (Lipinski definition) is 0. The van der Waals surface area contributed by atoms with Crippen LogP contribution in [0.5, 0.6) is 0 Å². The van der Waals surface area contributed by atoms with Crippen molar-refractivity contribution < 1.29 is 0 Å². The lowest BCUT2D eigenvalue weighted by molar-refractivity contribution is 1.18. The molecule has 9 aromatic rings. The standard InChI is InChI=1S/C42H26BrN3/c43-32-24-30(27-11-3-1-4-12-27)23-31(25-32)42-44-37-22-20-28-13-7-8-16-34(28)40(37)41(45-42)29-19-21-36-35-17-9-10-18-38(35)46(39(36)26-29)33-14-5-2-6-15-33/h1-26H. The summed E-state index contributed by atoms with van der Waals surface area (Å²) in [6.45, 7) is 0. The zero-order valence-electron chi connectivity index (χ0n) is 24.7.